The Morgan fingerprint density at radius 1 is 1.07 bits per heavy atom. The number of rotatable bonds is 6. The third-order valence-electron chi connectivity index (χ3n) is 5.77. The molecule has 0 unspecified atom stereocenters. The lowest BCUT2D eigenvalue weighted by atomic mass is 9.89. The zero-order valence-electron chi connectivity index (χ0n) is 17.1. The van der Waals surface area contributed by atoms with Crippen LogP contribution < -0.4 is 4.72 Å². The summed E-state index contributed by atoms with van der Waals surface area (Å²) in [6.07, 6.45) is 6.56. The molecular formula is C23H29N3O2S. The van der Waals surface area contributed by atoms with Crippen molar-refractivity contribution in [3.8, 4) is 0 Å². The molecule has 1 heterocycles. The van der Waals surface area contributed by atoms with Gasteiger partial charge in [-0.2, -0.15) is 0 Å². The van der Waals surface area contributed by atoms with Gasteiger partial charge in [-0.15, -0.1) is 0 Å². The van der Waals surface area contributed by atoms with E-state index in [2.05, 4.69) is 23.1 Å². The zero-order chi connectivity index (χ0) is 20.4. The van der Waals surface area contributed by atoms with Gasteiger partial charge in [0.25, 0.3) is 10.0 Å². The number of nitrogens with one attached hydrogen (secondary N) is 1. The molecule has 0 spiro atoms. The summed E-state index contributed by atoms with van der Waals surface area (Å²) in [7, 11) is -3.61. The van der Waals surface area contributed by atoms with Crippen molar-refractivity contribution in [2.75, 3.05) is 4.72 Å². The summed E-state index contributed by atoms with van der Waals surface area (Å²) in [5.74, 6) is 2.10. The van der Waals surface area contributed by atoms with Crippen molar-refractivity contribution in [1.82, 2.24) is 9.55 Å². The van der Waals surface area contributed by atoms with Crippen LogP contribution in [-0.4, -0.2) is 18.0 Å². The van der Waals surface area contributed by atoms with Gasteiger partial charge in [0.15, 0.2) is 0 Å². The first-order valence-corrected chi connectivity index (χ1v) is 12.0. The molecule has 1 N–H and O–H groups in total. The van der Waals surface area contributed by atoms with Crippen LogP contribution in [0.1, 0.15) is 57.7 Å². The summed E-state index contributed by atoms with van der Waals surface area (Å²) in [5.41, 5.74) is 2.47. The standard InChI is InChI=1S/C23H29N3O2S/c1-17(2)23-24-21-15-19(25-29(27,28)20-11-7-4-8-12-20)13-14-22(21)26(23)16-18-9-5-3-6-10-18/h4,7-8,11-15,17-18,25H,3,5-6,9-10,16H2,1-2H3. The number of anilines is 1. The number of imidazole rings is 1. The van der Waals surface area contributed by atoms with Crippen LogP contribution in [0.4, 0.5) is 5.69 Å². The van der Waals surface area contributed by atoms with Crippen LogP contribution in [-0.2, 0) is 16.6 Å². The number of hydrogen-bond donors (Lipinski definition) is 1. The number of fused-ring (bicyclic) bond motifs is 1. The Balaban J connectivity index is 1.66. The van der Waals surface area contributed by atoms with Gasteiger partial charge < -0.3 is 4.57 Å². The molecule has 154 valence electrons. The van der Waals surface area contributed by atoms with E-state index in [1.54, 1.807) is 30.3 Å². The molecule has 3 aromatic rings. The number of aromatic nitrogens is 2. The van der Waals surface area contributed by atoms with Gasteiger partial charge in [0.2, 0.25) is 0 Å². The maximum atomic E-state index is 12.6. The van der Waals surface area contributed by atoms with Gasteiger partial charge in [0.1, 0.15) is 5.82 Å². The van der Waals surface area contributed by atoms with Gasteiger partial charge in [-0.05, 0) is 49.1 Å². The molecule has 0 radical (unpaired) electrons. The van der Waals surface area contributed by atoms with Crippen LogP contribution in [0.2, 0.25) is 0 Å². The molecular weight excluding hydrogens is 382 g/mol. The van der Waals surface area contributed by atoms with Gasteiger partial charge >= 0.3 is 0 Å². The van der Waals surface area contributed by atoms with E-state index < -0.39 is 10.0 Å². The van der Waals surface area contributed by atoms with E-state index in [0.29, 0.717) is 17.5 Å². The van der Waals surface area contributed by atoms with E-state index in [9.17, 15) is 8.42 Å². The van der Waals surface area contributed by atoms with Crippen molar-refractivity contribution >= 4 is 26.7 Å². The third kappa shape index (κ3) is 4.32. The van der Waals surface area contributed by atoms with Crippen molar-refractivity contribution in [3.05, 3.63) is 54.4 Å². The lowest BCUT2D eigenvalue weighted by Crippen LogP contribution is -2.16. The minimum atomic E-state index is -3.61. The first-order chi connectivity index (χ1) is 13.9. The molecule has 0 bridgehead atoms. The number of hydrogen-bond acceptors (Lipinski definition) is 3. The Morgan fingerprint density at radius 2 is 1.79 bits per heavy atom. The van der Waals surface area contributed by atoms with Crippen molar-refractivity contribution < 1.29 is 8.42 Å². The summed E-state index contributed by atoms with van der Waals surface area (Å²) in [6, 6.07) is 14.1. The highest BCUT2D eigenvalue weighted by Gasteiger charge is 2.20. The van der Waals surface area contributed by atoms with Crippen molar-refractivity contribution in [3.63, 3.8) is 0 Å². The quantitative estimate of drug-likeness (QED) is 0.579. The molecule has 0 amide bonds. The molecule has 29 heavy (non-hydrogen) atoms. The van der Waals surface area contributed by atoms with E-state index in [4.69, 9.17) is 4.98 Å². The Bertz CT molecular complexity index is 1080. The van der Waals surface area contributed by atoms with Gasteiger partial charge in [-0.3, -0.25) is 4.72 Å². The van der Waals surface area contributed by atoms with E-state index >= 15 is 0 Å². The van der Waals surface area contributed by atoms with Crippen LogP contribution in [0.3, 0.4) is 0 Å². The van der Waals surface area contributed by atoms with Gasteiger partial charge in [-0.25, -0.2) is 13.4 Å². The molecule has 5 nitrogen and oxygen atoms in total. The average Bonchev–Trinajstić information content (AvgIpc) is 3.07. The largest absolute Gasteiger partial charge is 0.327 e. The highest BCUT2D eigenvalue weighted by atomic mass is 32.2. The smallest absolute Gasteiger partial charge is 0.261 e. The maximum Gasteiger partial charge on any atom is 0.261 e. The van der Waals surface area contributed by atoms with Crippen molar-refractivity contribution in [2.24, 2.45) is 5.92 Å². The number of sulfonamides is 1. The summed E-state index contributed by atoms with van der Waals surface area (Å²) in [4.78, 5) is 5.12. The first-order valence-electron chi connectivity index (χ1n) is 10.5. The molecule has 0 atom stereocenters. The minimum Gasteiger partial charge on any atom is -0.327 e. The molecule has 1 fully saturated rings. The zero-order valence-corrected chi connectivity index (χ0v) is 18.0. The molecule has 4 rings (SSSR count). The molecule has 1 aliphatic carbocycles. The van der Waals surface area contributed by atoms with Crippen molar-refractivity contribution in [2.45, 2.75) is 63.3 Å². The molecule has 2 aromatic carbocycles. The van der Waals surface area contributed by atoms with Crippen LogP contribution in [0.15, 0.2) is 53.4 Å². The maximum absolute atomic E-state index is 12.6. The molecule has 0 saturated heterocycles. The molecule has 1 aromatic heterocycles. The first kappa shape index (κ1) is 20.0. The molecule has 0 aliphatic heterocycles. The Labute approximate surface area is 173 Å². The van der Waals surface area contributed by atoms with Gasteiger partial charge in [0, 0.05) is 12.5 Å². The van der Waals surface area contributed by atoms with Crippen LogP contribution in [0.25, 0.3) is 11.0 Å². The fraction of sp³-hybridized carbons (Fsp3) is 0.435. The van der Waals surface area contributed by atoms with Crippen LogP contribution >= 0.6 is 0 Å². The predicted molar refractivity (Wildman–Crippen MR) is 118 cm³/mol. The Hall–Kier alpha value is -2.34. The summed E-state index contributed by atoms with van der Waals surface area (Å²) in [6.45, 7) is 5.33. The fourth-order valence-corrected chi connectivity index (χ4v) is 5.36. The molecule has 6 heteroatoms. The highest BCUT2D eigenvalue weighted by molar-refractivity contribution is 7.92. The Morgan fingerprint density at radius 3 is 2.48 bits per heavy atom. The second-order valence-electron chi connectivity index (χ2n) is 8.36. The summed E-state index contributed by atoms with van der Waals surface area (Å²) in [5, 5.41) is 0. The predicted octanol–water partition coefficient (Wildman–Crippen LogP) is 5.54. The van der Waals surface area contributed by atoms with E-state index in [1.165, 1.54) is 32.1 Å². The third-order valence-corrected chi connectivity index (χ3v) is 7.16. The molecule has 1 saturated carbocycles. The van der Waals surface area contributed by atoms with Gasteiger partial charge in [0.05, 0.1) is 21.6 Å². The van der Waals surface area contributed by atoms with E-state index in [-0.39, 0.29) is 4.90 Å². The number of nitrogens with zero attached hydrogens (tertiary/aromatic N) is 2. The molecule has 1 aliphatic rings. The minimum absolute atomic E-state index is 0.255. The normalized spacial score (nSPS) is 15.8. The average molecular weight is 412 g/mol. The second kappa shape index (κ2) is 8.19. The highest BCUT2D eigenvalue weighted by Crippen LogP contribution is 2.30. The Kier molecular flexibility index (Phi) is 5.63. The number of benzene rings is 2. The van der Waals surface area contributed by atoms with E-state index in [0.717, 1.165) is 23.4 Å². The lowest BCUT2D eigenvalue weighted by Gasteiger charge is -2.23. The summed E-state index contributed by atoms with van der Waals surface area (Å²) < 4.78 is 30.3. The van der Waals surface area contributed by atoms with Crippen LogP contribution in [0.5, 0.6) is 0 Å². The summed E-state index contributed by atoms with van der Waals surface area (Å²) >= 11 is 0. The van der Waals surface area contributed by atoms with Gasteiger partial charge in [-0.1, -0.05) is 51.3 Å². The monoisotopic (exact) mass is 411 g/mol. The SMILES string of the molecule is CC(C)c1nc2cc(NS(=O)(=O)c3ccccc3)ccc2n1CC1CCCCC1. The topological polar surface area (TPSA) is 64.0 Å². The fourth-order valence-electron chi connectivity index (χ4n) is 4.29. The second-order valence-corrected chi connectivity index (χ2v) is 10.0. The van der Waals surface area contributed by atoms with Crippen LogP contribution in [0, 0.1) is 5.92 Å². The lowest BCUT2D eigenvalue weighted by molar-refractivity contribution is 0.318. The van der Waals surface area contributed by atoms with Crippen molar-refractivity contribution in [1.29, 1.82) is 0 Å². The van der Waals surface area contributed by atoms with E-state index in [1.807, 2.05) is 18.2 Å².